The molecule has 370 valence electrons. The highest BCUT2D eigenvalue weighted by Gasteiger charge is 2.40. The number of carbonyl (C=O) groups excluding carboxylic acids is 3. The van der Waals surface area contributed by atoms with Crippen LogP contribution in [0.3, 0.4) is 0 Å². The van der Waals surface area contributed by atoms with Gasteiger partial charge in [-0.3, -0.25) is 10.1 Å². The van der Waals surface area contributed by atoms with Gasteiger partial charge in [0.25, 0.3) is 0 Å². The number of amides is 3. The SMILES string of the molecule is COc1cc(NC(=O)OCCc2ccc(-c3ccccc3)c(OC(N)=O)c2C2CCC(NC(=O)OC(C)(C)C)CC2)c(Cl)cc1CNC[C@H](O[Si](C)(C)C(C)(C)C)c1ccc(O)c2[nH]c(=O)ccc12. The van der Waals surface area contributed by atoms with Gasteiger partial charge in [-0.1, -0.05) is 80.9 Å². The zero-order valence-corrected chi connectivity index (χ0v) is 42.7. The highest BCUT2D eigenvalue weighted by molar-refractivity contribution is 6.74. The molecule has 1 fully saturated rings. The van der Waals surface area contributed by atoms with Gasteiger partial charge in [0.1, 0.15) is 22.8 Å². The number of rotatable bonds is 16. The predicted molar refractivity (Wildman–Crippen MR) is 272 cm³/mol. The minimum Gasteiger partial charge on any atom is -0.506 e. The standard InChI is InChI=1S/C52H66ClN5O10Si/c1-51(2,3)67-50(63)56-35-18-15-32(16-19-35)45-33(17-20-36(47(45)66-48(54)61)31-13-11-10-12-14-31)25-26-65-49(62)57-40-28-42(64-7)34(27-39(40)53)29-55-30-43(68-69(8,9)52(4,5)6)37-21-23-41(59)46-38(37)22-24-44(60)58-46/h10-14,17,20-24,27-28,32,35,43,55,59H,15-16,18-19,25-26,29-30H2,1-9H3,(H2,54,61)(H,56,63)(H,57,62)(H,58,60)/t32?,35?,43-/m0/s1. The molecule has 0 spiro atoms. The Bertz CT molecular complexity index is 2690. The van der Waals surface area contributed by atoms with Crippen LogP contribution in [0, 0.1) is 0 Å². The van der Waals surface area contributed by atoms with Crippen molar-refractivity contribution in [2.24, 2.45) is 5.73 Å². The fraction of sp³-hybridized carbons (Fsp3) is 0.423. The Kier molecular flexibility index (Phi) is 16.8. The molecule has 7 N–H and O–H groups in total. The number of aromatic nitrogens is 1. The Labute approximate surface area is 409 Å². The molecule has 3 amide bonds. The number of nitrogens with one attached hydrogen (secondary N) is 4. The van der Waals surface area contributed by atoms with Gasteiger partial charge in [0.15, 0.2) is 8.32 Å². The third-order valence-electron chi connectivity index (χ3n) is 12.8. The van der Waals surface area contributed by atoms with E-state index in [9.17, 15) is 24.3 Å². The Morgan fingerprint density at radius 1 is 0.913 bits per heavy atom. The number of benzene rings is 4. The number of hydrogen-bond acceptors (Lipinski definition) is 11. The molecule has 0 radical (unpaired) electrons. The van der Waals surface area contributed by atoms with Crippen LogP contribution in [0.4, 0.5) is 20.1 Å². The summed E-state index contributed by atoms with van der Waals surface area (Å²) in [6.45, 7) is 17.0. The number of hydrogen-bond donors (Lipinski definition) is 6. The molecule has 5 aromatic rings. The molecule has 0 aliphatic heterocycles. The molecular weight excluding hydrogens is 918 g/mol. The maximum absolute atomic E-state index is 13.4. The molecule has 0 bridgehead atoms. The molecule has 1 heterocycles. The lowest BCUT2D eigenvalue weighted by Gasteiger charge is -2.39. The number of ether oxygens (including phenoxy) is 4. The Morgan fingerprint density at radius 3 is 2.28 bits per heavy atom. The van der Waals surface area contributed by atoms with Crippen LogP contribution in [-0.4, -0.2) is 68.6 Å². The summed E-state index contributed by atoms with van der Waals surface area (Å²) in [5, 5.41) is 20.7. The van der Waals surface area contributed by atoms with Crippen molar-refractivity contribution in [1.29, 1.82) is 0 Å². The van der Waals surface area contributed by atoms with Crippen molar-refractivity contribution in [3.63, 3.8) is 0 Å². The molecule has 17 heteroatoms. The second-order valence-corrected chi connectivity index (χ2v) is 25.1. The molecule has 0 unspecified atom stereocenters. The number of aromatic amines is 1. The van der Waals surface area contributed by atoms with Crippen LogP contribution in [0.2, 0.25) is 23.2 Å². The van der Waals surface area contributed by atoms with Crippen LogP contribution in [0.5, 0.6) is 17.2 Å². The highest BCUT2D eigenvalue weighted by Crippen LogP contribution is 2.45. The highest BCUT2D eigenvalue weighted by atomic mass is 35.5. The number of nitrogens with two attached hydrogens (primary N) is 1. The quantitative estimate of drug-likeness (QED) is 0.0512. The molecule has 1 aromatic heterocycles. The summed E-state index contributed by atoms with van der Waals surface area (Å²) in [4.78, 5) is 53.3. The van der Waals surface area contributed by atoms with Gasteiger partial charge in [0.05, 0.1) is 36.0 Å². The van der Waals surface area contributed by atoms with Gasteiger partial charge in [0, 0.05) is 59.8 Å². The fourth-order valence-corrected chi connectivity index (χ4v) is 9.91. The smallest absolute Gasteiger partial charge is 0.411 e. The lowest BCUT2D eigenvalue weighted by atomic mass is 9.78. The summed E-state index contributed by atoms with van der Waals surface area (Å²) in [6, 6.07) is 23.2. The Hall–Kier alpha value is -6.07. The van der Waals surface area contributed by atoms with Crippen molar-refractivity contribution >= 4 is 54.8 Å². The molecular formula is C52H66ClN5O10Si. The lowest BCUT2D eigenvalue weighted by molar-refractivity contribution is 0.0490. The van der Waals surface area contributed by atoms with Crippen LogP contribution < -0.4 is 36.7 Å². The first-order valence-electron chi connectivity index (χ1n) is 23.2. The normalized spacial score (nSPS) is 15.8. The van der Waals surface area contributed by atoms with Gasteiger partial charge in [-0.05, 0) is 105 Å². The second-order valence-electron chi connectivity index (χ2n) is 19.9. The van der Waals surface area contributed by atoms with Crippen molar-refractivity contribution in [2.75, 3.05) is 25.6 Å². The third-order valence-corrected chi connectivity index (χ3v) is 17.6. The number of primary amides is 1. The van der Waals surface area contributed by atoms with Crippen LogP contribution in [0.15, 0.2) is 83.7 Å². The zero-order valence-electron chi connectivity index (χ0n) is 41.0. The average Bonchev–Trinajstić information content (AvgIpc) is 3.26. The van der Waals surface area contributed by atoms with E-state index < -0.39 is 38.3 Å². The number of phenolic OH excluding ortho intramolecular Hbond substituents is 1. The van der Waals surface area contributed by atoms with E-state index in [4.69, 9.17) is 40.7 Å². The average molecular weight is 985 g/mol. The largest absolute Gasteiger partial charge is 0.506 e. The van der Waals surface area contributed by atoms with Crippen molar-refractivity contribution < 1.29 is 42.9 Å². The number of halogens is 1. The first kappa shape index (κ1) is 52.3. The van der Waals surface area contributed by atoms with Gasteiger partial charge in [-0.2, -0.15) is 0 Å². The minimum absolute atomic E-state index is 0.0175. The molecule has 1 saturated carbocycles. The molecule has 1 atom stereocenters. The van der Waals surface area contributed by atoms with E-state index in [1.54, 1.807) is 24.3 Å². The van der Waals surface area contributed by atoms with Crippen molar-refractivity contribution in [3.05, 3.63) is 116 Å². The maximum Gasteiger partial charge on any atom is 0.411 e. The summed E-state index contributed by atoms with van der Waals surface area (Å²) in [6.07, 6.45) is 0.397. The van der Waals surface area contributed by atoms with E-state index in [1.807, 2.05) is 69.3 Å². The number of alkyl carbamates (subject to hydrolysis) is 1. The number of phenols is 1. The van der Waals surface area contributed by atoms with Crippen LogP contribution >= 0.6 is 11.6 Å². The summed E-state index contributed by atoms with van der Waals surface area (Å²) in [5.41, 5.74) is 10.1. The summed E-state index contributed by atoms with van der Waals surface area (Å²) in [5.74, 6) is 0.742. The van der Waals surface area contributed by atoms with Gasteiger partial charge >= 0.3 is 18.3 Å². The van der Waals surface area contributed by atoms with Crippen LogP contribution in [-0.2, 0) is 26.9 Å². The molecule has 69 heavy (non-hydrogen) atoms. The zero-order chi connectivity index (χ0) is 50.3. The summed E-state index contributed by atoms with van der Waals surface area (Å²) in [7, 11) is -0.798. The lowest BCUT2D eigenvalue weighted by Crippen LogP contribution is -2.43. The number of anilines is 1. The van der Waals surface area contributed by atoms with Gasteiger partial charge in [-0.25, -0.2) is 14.4 Å². The maximum atomic E-state index is 13.4. The van der Waals surface area contributed by atoms with Crippen molar-refractivity contribution in [2.45, 2.75) is 122 Å². The Morgan fingerprint density at radius 2 is 1.62 bits per heavy atom. The Balaban J connectivity index is 1.15. The van der Waals surface area contributed by atoms with E-state index in [1.165, 1.54) is 13.2 Å². The van der Waals surface area contributed by atoms with E-state index >= 15 is 0 Å². The molecule has 0 saturated heterocycles. The topological polar surface area (TPSA) is 213 Å². The van der Waals surface area contributed by atoms with E-state index in [0.29, 0.717) is 73.2 Å². The third kappa shape index (κ3) is 13.6. The number of H-pyrrole nitrogens is 1. The summed E-state index contributed by atoms with van der Waals surface area (Å²) >= 11 is 6.79. The minimum atomic E-state index is -2.33. The number of pyridine rings is 1. The second kappa shape index (κ2) is 22.1. The number of carbonyl (C=O) groups is 3. The monoisotopic (exact) mass is 983 g/mol. The fourth-order valence-electron chi connectivity index (χ4n) is 8.41. The van der Waals surface area contributed by atoms with Gasteiger partial charge in [0.2, 0.25) is 5.56 Å². The van der Waals surface area contributed by atoms with Crippen molar-refractivity contribution in [3.8, 4) is 28.4 Å². The first-order chi connectivity index (χ1) is 32.5. The van der Waals surface area contributed by atoms with E-state index in [0.717, 1.165) is 27.8 Å². The molecule has 1 aliphatic rings. The number of aromatic hydroxyl groups is 1. The van der Waals surface area contributed by atoms with E-state index in [2.05, 4.69) is 54.8 Å². The van der Waals surface area contributed by atoms with E-state index in [-0.39, 0.29) is 45.6 Å². The molecule has 15 nitrogen and oxygen atoms in total. The van der Waals surface area contributed by atoms with Crippen LogP contribution in [0.25, 0.3) is 22.0 Å². The van der Waals surface area contributed by atoms with Crippen molar-refractivity contribution in [1.82, 2.24) is 15.6 Å². The van der Waals surface area contributed by atoms with Gasteiger partial charge < -0.3 is 49.8 Å². The first-order valence-corrected chi connectivity index (χ1v) is 26.5. The molecule has 6 rings (SSSR count). The number of methoxy groups -OCH3 is 1. The molecule has 1 aliphatic carbocycles. The molecule has 4 aromatic carbocycles. The summed E-state index contributed by atoms with van der Waals surface area (Å²) < 4.78 is 29.7. The number of fused-ring (bicyclic) bond motifs is 1. The predicted octanol–water partition coefficient (Wildman–Crippen LogP) is 11.2. The van der Waals surface area contributed by atoms with Gasteiger partial charge in [-0.15, -0.1) is 0 Å². The van der Waals surface area contributed by atoms with Crippen LogP contribution in [0.1, 0.15) is 102 Å².